The molecular weight excluding hydrogens is 403 g/mol. The normalized spacial score (nSPS) is 21.9. The maximum Gasteiger partial charge on any atom is 0.189 e. The first kappa shape index (κ1) is 18.3. The van der Waals surface area contributed by atoms with Gasteiger partial charge in [-0.3, -0.25) is 4.99 Å². The summed E-state index contributed by atoms with van der Waals surface area (Å²) in [7, 11) is 4.24. The minimum Gasteiger partial charge on any atom is -0.493 e. The lowest BCUT2D eigenvalue weighted by Gasteiger charge is -2.27. The highest BCUT2D eigenvalue weighted by atomic mass is 127. The van der Waals surface area contributed by atoms with Gasteiger partial charge < -0.3 is 20.7 Å². The molecule has 128 valence electrons. The summed E-state index contributed by atoms with van der Waals surface area (Å²) in [5.74, 6) is 2.27. The summed E-state index contributed by atoms with van der Waals surface area (Å²) in [4.78, 5) is 6.84. The Labute approximate surface area is 155 Å². The van der Waals surface area contributed by atoms with E-state index in [0.717, 1.165) is 24.6 Å². The van der Waals surface area contributed by atoms with Gasteiger partial charge in [-0.15, -0.1) is 24.0 Å². The first-order chi connectivity index (χ1) is 10.6. The second-order valence-electron chi connectivity index (χ2n) is 6.47. The fourth-order valence-corrected chi connectivity index (χ4v) is 3.12. The van der Waals surface area contributed by atoms with Crippen LogP contribution in [0.3, 0.4) is 0 Å². The topological polar surface area (TPSA) is 62.9 Å². The van der Waals surface area contributed by atoms with Crippen LogP contribution in [0.2, 0.25) is 0 Å². The van der Waals surface area contributed by atoms with Gasteiger partial charge in [0.2, 0.25) is 0 Å². The largest absolute Gasteiger partial charge is 0.493 e. The van der Waals surface area contributed by atoms with Crippen LogP contribution in [0.25, 0.3) is 0 Å². The lowest BCUT2D eigenvalue weighted by molar-refractivity contribution is 0.261. The van der Waals surface area contributed by atoms with E-state index in [1.165, 1.54) is 18.4 Å². The van der Waals surface area contributed by atoms with Crippen molar-refractivity contribution in [3.8, 4) is 5.75 Å². The highest BCUT2D eigenvalue weighted by Crippen LogP contribution is 2.35. The Morgan fingerprint density at radius 1 is 1.35 bits per heavy atom. The molecule has 0 amide bonds. The van der Waals surface area contributed by atoms with Gasteiger partial charge in [-0.2, -0.15) is 0 Å². The van der Waals surface area contributed by atoms with Crippen LogP contribution in [0.5, 0.6) is 5.75 Å². The van der Waals surface area contributed by atoms with Crippen LogP contribution in [0, 0.1) is 5.92 Å². The van der Waals surface area contributed by atoms with E-state index in [-0.39, 0.29) is 30.0 Å². The van der Waals surface area contributed by atoms with Crippen LogP contribution < -0.4 is 15.8 Å². The van der Waals surface area contributed by atoms with Gasteiger partial charge in [-0.05, 0) is 38.9 Å². The number of fused-ring (bicyclic) bond motifs is 1. The van der Waals surface area contributed by atoms with Gasteiger partial charge in [-0.1, -0.05) is 18.2 Å². The van der Waals surface area contributed by atoms with Gasteiger partial charge in [0.25, 0.3) is 0 Å². The van der Waals surface area contributed by atoms with Crippen molar-refractivity contribution < 1.29 is 4.74 Å². The van der Waals surface area contributed by atoms with Crippen molar-refractivity contribution in [2.75, 3.05) is 27.2 Å². The van der Waals surface area contributed by atoms with Crippen LogP contribution in [-0.2, 0) is 0 Å². The molecule has 1 fully saturated rings. The van der Waals surface area contributed by atoms with Gasteiger partial charge in [0.1, 0.15) is 5.75 Å². The maximum atomic E-state index is 6.11. The number of guanidine groups is 1. The standard InChI is InChI=1S/C17H26N4O.HI/c1-21(2)15(12-7-8-12)11-19-17(18)20-14-9-10-22-16-6-4-3-5-13(14)16;/h3-6,12,14-15H,7-11H2,1-2H3,(H3,18,19,20);1H. The molecule has 1 aromatic rings. The molecule has 0 bridgehead atoms. The van der Waals surface area contributed by atoms with Gasteiger partial charge in [0.05, 0.1) is 19.2 Å². The summed E-state index contributed by atoms with van der Waals surface area (Å²) < 4.78 is 5.68. The molecule has 3 rings (SSSR count). The third kappa shape index (κ3) is 4.73. The monoisotopic (exact) mass is 430 g/mol. The molecule has 1 aromatic carbocycles. The van der Waals surface area contributed by atoms with Crippen molar-refractivity contribution in [1.29, 1.82) is 0 Å². The zero-order valence-corrected chi connectivity index (χ0v) is 16.2. The van der Waals surface area contributed by atoms with E-state index < -0.39 is 0 Å². The van der Waals surface area contributed by atoms with Crippen LogP contribution in [0.4, 0.5) is 0 Å². The van der Waals surface area contributed by atoms with Crippen molar-refractivity contribution in [2.45, 2.75) is 31.3 Å². The summed E-state index contributed by atoms with van der Waals surface area (Å²) in [6.45, 7) is 1.48. The number of para-hydroxylation sites is 1. The van der Waals surface area contributed by atoms with Crippen LogP contribution in [0.15, 0.2) is 29.3 Å². The quantitative estimate of drug-likeness (QED) is 0.428. The van der Waals surface area contributed by atoms with E-state index in [9.17, 15) is 0 Å². The van der Waals surface area contributed by atoms with Gasteiger partial charge in [0.15, 0.2) is 5.96 Å². The third-order valence-electron chi connectivity index (χ3n) is 4.56. The number of hydrogen-bond acceptors (Lipinski definition) is 3. The SMILES string of the molecule is CN(C)C(CN=C(N)NC1CCOc2ccccc21)C1CC1.I. The third-order valence-corrected chi connectivity index (χ3v) is 4.56. The molecular formula is C17H27IN4O. The highest BCUT2D eigenvalue weighted by molar-refractivity contribution is 14.0. The van der Waals surface area contributed by atoms with E-state index in [0.29, 0.717) is 18.6 Å². The maximum absolute atomic E-state index is 6.11. The second kappa shape index (κ2) is 8.19. The first-order valence-electron chi connectivity index (χ1n) is 8.09. The number of nitrogens with one attached hydrogen (secondary N) is 1. The molecule has 5 nitrogen and oxygen atoms in total. The van der Waals surface area contributed by atoms with Crippen LogP contribution in [0.1, 0.15) is 30.9 Å². The molecule has 0 radical (unpaired) electrons. The number of nitrogens with two attached hydrogens (primary N) is 1. The summed E-state index contributed by atoms with van der Waals surface area (Å²) in [5.41, 5.74) is 7.28. The fourth-order valence-electron chi connectivity index (χ4n) is 3.12. The first-order valence-corrected chi connectivity index (χ1v) is 8.09. The summed E-state index contributed by atoms with van der Waals surface area (Å²) >= 11 is 0. The summed E-state index contributed by atoms with van der Waals surface area (Å²) in [5, 5.41) is 3.36. The number of ether oxygens (including phenoxy) is 1. The average molecular weight is 430 g/mol. The van der Waals surface area contributed by atoms with Crippen LogP contribution in [-0.4, -0.2) is 44.1 Å². The lowest BCUT2D eigenvalue weighted by atomic mass is 10.0. The predicted molar refractivity (Wildman–Crippen MR) is 105 cm³/mol. The Hall–Kier alpha value is -1.02. The minimum atomic E-state index is 0. The van der Waals surface area contributed by atoms with E-state index in [2.05, 4.69) is 35.4 Å². The molecule has 3 N–H and O–H groups in total. The molecule has 2 atom stereocenters. The minimum absolute atomic E-state index is 0. The molecule has 0 spiro atoms. The van der Waals surface area contributed by atoms with Crippen molar-refractivity contribution in [3.63, 3.8) is 0 Å². The smallest absolute Gasteiger partial charge is 0.189 e. The Bertz CT molecular complexity index is 543. The Balaban J connectivity index is 0.00000192. The summed E-state index contributed by atoms with van der Waals surface area (Å²) in [6.07, 6.45) is 3.55. The molecule has 1 aliphatic carbocycles. The molecule has 1 saturated carbocycles. The number of halogens is 1. The van der Waals surface area contributed by atoms with Crippen molar-refractivity contribution in [2.24, 2.45) is 16.6 Å². The van der Waals surface area contributed by atoms with Gasteiger partial charge in [-0.25, -0.2) is 0 Å². The fraction of sp³-hybridized carbons (Fsp3) is 0.588. The number of likely N-dealkylation sites (N-methyl/N-ethyl adjacent to an activating group) is 1. The van der Waals surface area contributed by atoms with E-state index in [4.69, 9.17) is 10.5 Å². The van der Waals surface area contributed by atoms with Crippen molar-refractivity contribution in [3.05, 3.63) is 29.8 Å². The zero-order valence-electron chi connectivity index (χ0n) is 13.9. The van der Waals surface area contributed by atoms with E-state index >= 15 is 0 Å². The van der Waals surface area contributed by atoms with E-state index in [1.807, 2.05) is 18.2 Å². The molecule has 0 saturated heterocycles. The Kier molecular flexibility index (Phi) is 6.52. The Morgan fingerprint density at radius 3 is 2.78 bits per heavy atom. The number of aliphatic imine (C=N–C) groups is 1. The predicted octanol–water partition coefficient (Wildman–Crippen LogP) is 2.37. The number of nitrogens with zero attached hydrogens (tertiary/aromatic N) is 2. The lowest BCUT2D eigenvalue weighted by Crippen LogP contribution is -2.39. The van der Waals surface area contributed by atoms with E-state index in [1.54, 1.807) is 0 Å². The number of rotatable bonds is 5. The molecule has 2 unspecified atom stereocenters. The summed E-state index contributed by atoms with van der Waals surface area (Å²) in [6, 6.07) is 8.81. The number of hydrogen-bond donors (Lipinski definition) is 2. The zero-order chi connectivity index (χ0) is 15.5. The molecule has 0 aromatic heterocycles. The highest BCUT2D eigenvalue weighted by Gasteiger charge is 2.32. The second-order valence-corrected chi connectivity index (χ2v) is 6.47. The average Bonchev–Trinajstić information content (AvgIpc) is 3.32. The Morgan fingerprint density at radius 2 is 2.09 bits per heavy atom. The molecule has 23 heavy (non-hydrogen) atoms. The molecule has 1 aliphatic heterocycles. The van der Waals surface area contributed by atoms with Crippen molar-refractivity contribution in [1.82, 2.24) is 10.2 Å². The number of benzene rings is 1. The molecule has 2 aliphatic rings. The van der Waals surface area contributed by atoms with Gasteiger partial charge in [0, 0.05) is 18.0 Å². The van der Waals surface area contributed by atoms with Gasteiger partial charge >= 0.3 is 0 Å². The van der Waals surface area contributed by atoms with Crippen LogP contribution >= 0.6 is 24.0 Å². The van der Waals surface area contributed by atoms with Crippen molar-refractivity contribution >= 4 is 29.9 Å². The molecule has 1 heterocycles. The molecule has 6 heteroatoms.